The maximum Gasteiger partial charge on any atom is 0.290 e. The SMILES string of the molecule is CCOc1cc(C2c3c(oc4c(C)cc(C)cc4c3=O)C(=O)N2CCCOC(C)C)ccc1OCc1ccccc1. The highest BCUT2D eigenvalue weighted by Gasteiger charge is 2.43. The number of carbonyl (C=O) groups excluding carboxylic acids is 1. The Kier molecular flexibility index (Phi) is 8.45. The molecule has 41 heavy (non-hydrogen) atoms. The van der Waals surface area contributed by atoms with Crippen LogP contribution in [0.1, 0.15) is 71.6 Å². The van der Waals surface area contributed by atoms with Gasteiger partial charge in [0, 0.05) is 13.2 Å². The van der Waals surface area contributed by atoms with Crippen molar-refractivity contribution < 1.29 is 23.4 Å². The van der Waals surface area contributed by atoms with Gasteiger partial charge in [-0.2, -0.15) is 0 Å². The number of hydrogen-bond donors (Lipinski definition) is 0. The van der Waals surface area contributed by atoms with Crippen molar-refractivity contribution in [1.82, 2.24) is 4.90 Å². The van der Waals surface area contributed by atoms with Crippen molar-refractivity contribution in [2.45, 2.75) is 59.8 Å². The minimum absolute atomic E-state index is 0.0919. The summed E-state index contributed by atoms with van der Waals surface area (Å²) in [6, 6.07) is 18.7. The average Bonchev–Trinajstić information content (AvgIpc) is 3.23. The maximum atomic E-state index is 14.0. The number of aryl methyl sites for hydroxylation is 2. The summed E-state index contributed by atoms with van der Waals surface area (Å²) in [6.45, 7) is 11.5. The molecule has 1 aliphatic heterocycles. The molecule has 0 bridgehead atoms. The van der Waals surface area contributed by atoms with Gasteiger partial charge in [0.05, 0.1) is 29.7 Å². The summed E-state index contributed by atoms with van der Waals surface area (Å²) in [5, 5.41) is 0.483. The Morgan fingerprint density at radius 3 is 2.46 bits per heavy atom. The fourth-order valence-electron chi connectivity index (χ4n) is 5.42. The van der Waals surface area contributed by atoms with Crippen LogP contribution in [0, 0.1) is 13.8 Å². The van der Waals surface area contributed by atoms with Crippen molar-refractivity contribution in [1.29, 1.82) is 0 Å². The molecule has 1 unspecified atom stereocenters. The second kappa shape index (κ2) is 12.2. The van der Waals surface area contributed by atoms with Crippen molar-refractivity contribution in [3.05, 3.63) is 104 Å². The van der Waals surface area contributed by atoms with Crippen LogP contribution in [0.5, 0.6) is 11.5 Å². The van der Waals surface area contributed by atoms with Crippen molar-refractivity contribution in [3.63, 3.8) is 0 Å². The van der Waals surface area contributed by atoms with Crippen LogP contribution in [0.3, 0.4) is 0 Å². The highest BCUT2D eigenvalue weighted by atomic mass is 16.5. The molecular weight excluding hydrogens is 518 g/mol. The summed E-state index contributed by atoms with van der Waals surface area (Å²) in [5.41, 5.74) is 4.21. The molecule has 0 spiro atoms. The number of nitrogens with zero attached hydrogens (tertiary/aromatic N) is 1. The third kappa shape index (κ3) is 5.86. The van der Waals surface area contributed by atoms with Crippen molar-refractivity contribution >= 4 is 16.9 Å². The number of hydrogen-bond acceptors (Lipinski definition) is 6. The first-order valence-corrected chi connectivity index (χ1v) is 14.2. The number of benzene rings is 3. The summed E-state index contributed by atoms with van der Waals surface area (Å²) in [4.78, 5) is 29.6. The van der Waals surface area contributed by atoms with Gasteiger partial charge in [-0.1, -0.05) is 42.5 Å². The lowest BCUT2D eigenvalue weighted by Gasteiger charge is -2.26. The molecular formula is C34H37NO6. The second-order valence-corrected chi connectivity index (χ2v) is 10.7. The molecule has 7 nitrogen and oxygen atoms in total. The van der Waals surface area contributed by atoms with Crippen LogP contribution < -0.4 is 14.9 Å². The Balaban J connectivity index is 1.58. The van der Waals surface area contributed by atoms with E-state index in [0.29, 0.717) is 60.8 Å². The van der Waals surface area contributed by atoms with E-state index >= 15 is 0 Å². The quantitative estimate of drug-likeness (QED) is 0.191. The van der Waals surface area contributed by atoms with E-state index in [1.807, 2.05) is 95.3 Å². The van der Waals surface area contributed by atoms with E-state index in [9.17, 15) is 9.59 Å². The largest absolute Gasteiger partial charge is 0.490 e. The van der Waals surface area contributed by atoms with Crippen LogP contribution in [-0.4, -0.2) is 36.7 Å². The minimum atomic E-state index is -0.625. The van der Waals surface area contributed by atoms with Crippen LogP contribution in [0.2, 0.25) is 0 Å². The molecule has 0 N–H and O–H groups in total. The third-order valence-corrected chi connectivity index (χ3v) is 7.21. The number of rotatable bonds is 11. The fourth-order valence-corrected chi connectivity index (χ4v) is 5.42. The molecule has 0 fully saturated rings. The number of amides is 1. The molecule has 1 atom stereocenters. The summed E-state index contributed by atoms with van der Waals surface area (Å²) >= 11 is 0. The van der Waals surface area contributed by atoms with Gasteiger partial charge in [-0.3, -0.25) is 9.59 Å². The minimum Gasteiger partial charge on any atom is -0.490 e. The molecule has 0 saturated heterocycles. The van der Waals surface area contributed by atoms with Crippen LogP contribution in [0.4, 0.5) is 0 Å². The molecule has 2 heterocycles. The van der Waals surface area contributed by atoms with E-state index in [4.69, 9.17) is 18.6 Å². The van der Waals surface area contributed by atoms with Gasteiger partial charge in [-0.15, -0.1) is 0 Å². The smallest absolute Gasteiger partial charge is 0.290 e. The standard InChI is InChI=1S/C34H37NO6/c1-6-38-28-19-25(13-14-27(28)40-20-24-11-8-7-9-12-24)30-29-31(36)26-18-22(4)17-23(5)32(26)41-33(29)34(37)35(30)15-10-16-39-21(2)3/h7-9,11-14,17-19,21,30H,6,10,15-16,20H2,1-5H3. The van der Waals surface area contributed by atoms with Crippen LogP contribution >= 0.6 is 0 Å². The van der Waals surface area contributed by atoms with Gasteiger partial charge in [-0.05, 0) is 81.5 Å². The van der Waals surface area contributed by atoms with Crippen LogP contribution in [0.15, 0.2) is 69.9 Å². The van der Waals surface area contributed by atoms with Gasteiger partial charge >= 0.3 is 0 Å². The third-order valence-electron chi connectivity index (χ3n) is 7.21. The van der Waals surface area contributed by atoms with E-state index in [-0.39, 0.29) is 23.2 Å². The van der Waals surface area contributed by atoms with E-state index in [0.717, 1.165) is 22.3 Å². The van der Waals surface area contributed by atoms with Gasteiger partial charge < -0.3 is 23.5 Å². The second-order valence-electron chi connectivity index (χ2n) is 10.7. The number of fused-ring (bicyclic) bond motifs is 2. The van der Waals surface area contributed by atoms with Crippen molar-refractivity contribution in [3.8, 4) is 11.5 Å². The van der Waals surface area contributed by atoms with Crippen molar-refractivity contribution in [2.24, 2.45) is 0 Å². The summed E-state index contributed by atoms with van der Waals surface area (Å²) < 4.78 is 24.1. The Bertz CT molecular complexity index is 1610. The van der Waals surface area contributed by atoms with E-state index in [2.05, 4.69) is 0 Å². The lowest BCUT2D eigenvalue weighted by atomic mass is 9.97. The average molecular weight is 556 g/mol. The summed E-state index contributed by atoms with van der Waals surface area (Å²) in [7, 11) is 0. The molecule has 0 saturated carbocycles. The zero-order valence-corrected chi connectivity index (χ0v) is 24.4. The highest BCUT2D eigenvalue weighted by molar-refractivity contribution is 5.99. The Labute approximate surface area is 240 Å². The topological polar surface area (TPSA) is 78.2 Å². The van der Waals surface area contributed by atoms with Gasteiger partial charge in [0.1, 0.15) is 12.2 Å². The van der Waals surface area contributed by atoms with Crippen LogP contribution in [-0.2, 0) is 11.3 Å². The van der Waals surface area contributed by atoms with E-state index < -0.39 is 6.04 Å². The predicted octanol–water partition coefficient (Wildman–Crippen LogP) is 6.75. The van der Waals surface area contributed by atoms with Gasteiger partial charge in [0.2, 0.25) is 5.76 Å². The lowest BCUT2D eigenvalue weighted by Crippen LogP contribution is -2.31. The molecule has 1 aromatic heterocycles. The maximum absolute atomic E-state index is 14.0. The van der Waals surface area contributed by atoms with Gasteiger partial charge in [-0.25, -0.2) is 0 Å². The molecule has 0 radical (unpaired) electrons. The molecule has 214 valence electrons. The van der Waals surface area contributed by atoms with Gasteiger partial charge in [0.15, 0.2) is 16.9 Å². The van der Waals surface area contributed by atoms with Crippen molar-refractivity contribution in [2.75, 3.05) is 19.8 Å². The number of ether oxygens (including phenoxy) is 3. The Morgan fingerprint density at radius 2 is 1.73 bits per heavy atom. The van der Waals surface area contributed by atoms with Crippen LogP contribution in [0.25, 0.3) is 11.0 Å². The Morgan fingerprint density at radius 1 is 0.951 bits per heavy atom. The first-order valence-electron chi connectivity index (χ1n) is 14.2. The highest BCUT2D eigenvalue weighted by Crippen LogP contribution is 2.41. The molecule has 5 rings (SSSR count). The number of carbonyl (C=O) groups is 1. The Hall–Kier alpha value is -4.10. The van der Waals surface area contributed by atoms with E-state index in [1.54, 1.807) is 4.90 Å². The molecule has 4 aromatic rings. The summed E-state index contributed by atoms with van der Waals surface area (Å²) in [5.74, 6) is 0.960. The lowest BCUT2D eigenvalue weighted by molar-refractivity contribution is 0.0593. The molecule has 1 amide bonds. The first kappa shape index (κ1) is 28.4. The zero-order chi connectivity index (χ0) is 29.1. The van der Waals surface area contributed by atoms with Gasteiger partial charge in [0.25, 0.3) is 5.91 Å². The molecule has 1 aliphatic rings. The fraction of sp³-hybridized carbons (Fsp3) is 0.353. The zero-order valence-electron chi connectivity index (χ0n) is 24.4. The monoisotopic (exact) mass is 555 g/mol. The molecule has 3 aromatic carbocycles. The molecule has 7 heteroatoms. The van der Waals surface area contributed by atoms with E-state index in [1.165, 1.54) is 0 Å². The molecule has 0 aliphatic carbocycles. The first-order chi connectivity index (χ1) is 19.8. The normalized spacial score (nSPS) is 14.6. The predicted molar refractivity (Wildman–Crippen MR) is 159 cm³/mol. The summed E-state index contributed by atoms with van der Waals surface area (Å²) in [6.07, 6.45) is 0.714.